The Morgan fingerprint density at radius 1 is 1.24 bits per heavy atom. The highest BCUT2D eigenvalue weighted by atomic mass is 19.4. The maximum atomic E-state index is 12.5. The normalized spacial score (nSPS) is 13.7. The van der Waals surface area contributed by atoms with Gasteiger partial charge < -0.3 is 9.84 Å². The molecule has 1 N–H and O–H groups in total. The van der Waals surface area contributed by atoms with Crippen molar-refractivity contribution in [3.63, 3.8) is 0 Å². The van der Waals surface area contributed by atoms with Crippen LogP contribution >= 0.6 is 0 Å². The van der Waals surface area contributed by atoms with Crippen molar-refractivity contribution in [2.24, 2.45) is 4.99 Å². The lowest BCUT2D eigenvalue weighted by Crippen LogP contribution is -2.15. The van der Waals surface area contributed by atoms with Crippen molar-refractivity contribution in [3.8, 4) is 0 Å². The van der Waals surface area contributed by atoms with Crippen LogP contribution in [-0.4, -0.2) is 30.9 Å². The van der Waals surface area contributed by atoms with E-state index >= 15 is 0 Å². The fraction of sp³-hybridized carbons (Fsp3) is 0.286. The van der Waals surface area contributed by atoms with E-state index in [9.17, 15) is 23.1 Å². The fourth-order valence-electron chi connectivity index (χ4n) is 1.59. The van der Waals surface area contributed by atoms with E-state index in [0.29, 0.717) is 0 Å². The molecule has 7 heteroatoms. The van der Waals surface area contributed by atoms with Gasteiger partial charge >= 0.3 is 12.1 Å². The number of rotatable bonds is 3. The molecule has 0 saturated heterocycles. The van der Waals surface area contributed by atoms with Crippen LogP contribution in [0.15, 0.2) is 34.8 Å². The fourth-order valence-corrected chi connectivity index (χ4v) is 1.59. The van der Waals surface area contributed by atoms with Gasteiger partial charge in [0, 0.05) is 18.3 Å². The van der Waals surface area contributed by atoms with E-state index in [-0.39, 0.29) is 16.8 Å². The zero-order valence-corrected chi connectivity index (χ0v) is 11.7. The highest BCUT2D eigenvalue weighted by Crippen LogP contribution is 2.30. The molecule has 114 valence electrons. The maximum Gasteiger partial charge on any atom is 0.416 e. The number of halogens is 3. The molecule has 1 aromatic rings. The van der Waals surface area contributed by atoms with Gasteiger partial charge in [0.05, 0.1) is 12.7 Å². The van der Waals surface area contributed by atoms with Gasteiger partial charge in [-0.15, -0.1) is 0 Å². The lowest BCUT2D eigenvalue weighted by molar-refractivity contribution is -0.137. The first-order valence-electron chi connectivity index (χ1n) is 5.85. The Morgan fingerprint density at radius 3 is 2.14 bits per heavy atom. The first-order chi connectivity index (χ1) is 9.72. The van der Waals surface area contributed by atoms with E-state index in [1.807, 2.05) is 0 Å². The van der Waals surface area contributed by atoms with E-state index in [0.717, 1.165) is 31.4 Å². The minimum atomic E-state index is -4.47. The van der Waals surface area contributed by atoms with Crippen LogP contribution in [0.4, 0.5) is 13.2 Å². The number of esters is 1. The topological polar surface area (TPSA) is 58.9 Å². The van der Waals surface area contributed by atoms with Crippen molar-refractivity contribution < 1.29 is 27.8 Å². The smallest absolute Gasteiger partial charge is 0.416 e. The summed E-state index contributed by atoms with van der Waals surface area (Å²) >= 11 is 0. The van der Waals surface area contributed by atoms with Gasteiger partial charge in [-0.2, -0.15) is 13.2 Å². The third-order valence-corrected chi connectivity index (χ3v) is 2.81. The maximum absolute atomic E-state index is 12.5. The first kappa shape index (κ1) is 16.7. The van der Waals surface area contributed by atoms with Gasteiger partial charge in [0.1, 0.15) is 11.3 Å². The number of aliphatic hydroxyl groups excluding tert-OH is 1. The Kier molecular flexibility index (Phi) is 5.12. The van der Waals surface area contributed by atoms with Gasteiger partial charge in [0.25, 0.3) is 0 Å². The minimum Gasteiger partial charge on any atom is -0.506 e. The van der Waals surface area contributed by atoms with Crippen molar-refractivity contribution in [3.05, 3.63) is 41.0 Å². The number of hydrogen-bond acceptors (Lipinski definition) is 4. The first-order valence-corrected chi connectivity index (χ1v) is 5.85. The molecular weight excluding hydrogens is 287 g/mol. The molecule has 0 heterocycles. The second kappa shape index (κ2) is 6.43. The average molecular weight is 301 g/mol. The molecule has 0 saturated carbocycles. The van der Waals surface area contributed by atoms with Crippen LogP contribution in [0.25, 0.3) is 5.76 Å². The number of aliphatic imine (C=N–C) groups is 1. The standard InChI is InChI=1S/C14H14F3NO3/c1-8(18-2)11(13(20)21-3)12(19)9-4-6-10(7-5-9)14(15,16)17/h4-7,19H,1-3H3/b12-11+,18-8?. The number of methoxy groups -OCH3 is 1. The van der Waals surface area contributed by atoms with Crippen LogP contribution in [0.5, 0.6) is 0 Å². The van der Waals surface area contributed by atoms with Gasteiger partial charge in [-0.1, -0.05) is 12.1 Å². The van der Waals surface area contributed by atoms with Gasteiger partial charge in [-0.3, -0.25) is 4.99 Å². The molecule has 0 aliphatic carbocycles. The van der Waals surface area contributed by atoms with Crippen molar-refractivity contribution in [1.82, 2.24) is 0 Å². The summed E-state index contributed by atoms with van der Waals surface area (Å²) < 4.78 is 42.0. The number of ether oxygens (including phenoxy) is 1. The van der Waals surface area contributed by atoms with Crippen molar-refractivity contribution >= 4 is 17.4 Å². The average Bonchev–Trinajstić information content (AvgIpc) is 2.46. The van der Waals surface area contributed by atoms with Crippen LogP contribution in [-0.2, 0) is 15.7 Å². The predicted octanol–water partition coefficient (Wildman–Crippen LogP) is 3.24. The predicted molar refractivity (Wildman–Crippen MR) is 72.0 cm³/mol. The monoisotopic (exact) mass is 301 g/mol. The molecule has 0 amide bonds. The Balaban J connectivity index is 3.34. The van der Waals surface area contributed by atoms with Crippen LogP contribution in [0.2, 0.25) is 0 Å². The minimum absolute atomic E-state index is 0.0615. The van der Waals surface area contributed by atoms with Crippen LogP contribution < -0.4 is 0 Å². The summed E-state index contributed by atoms with van der Waals surface area (Å²) in [5, 5.41) is 10.1. The number of carbonyl (C=O) groups excluding carboxylic acids is 1. The van der Waals surface area contributed by atoms with Crippen molar-refractivity contribution in [2.45, 2.75) is 13.1 Å². The summed E-state index contributed by atoms with van der Waals surface area (Å²) in [6, 6.07) is 3.78. The number of aliphatic hydroxyl groups is 1. The molecule has 0 aliphatic heterocycles. The number of benzene rings is 1. The summed E-state index contributed by atoms with van der Waals surface area (Å²) in [6.07, 6.45) is -4.47. The molecule has 0 spiro atoms. The van der Waals surface area contributed by atoms with Crippen LogP contribution in [0.3, 0.4) is 0 Å². The number of alkyl halides is 3. The summed E-state index contributed by atoms with van der Waals surface area (Å²) in [6.45, 7) is 1.48. The quantitative estimate of drug-likeness (QED) is 0.403. The number of carbonyl (C=O) groups is 1. The summed E-state index contributed by atoms with van der Waals surface area (Å²) in [5.41, 5.74) is -0.773. The second-order valence-corrected chi connectivity index (χ2v) is 4.10. The third-order valence-electron chi connectivity index (χ3n) is 2.81. The summed E-state index contributed by atoms with van der Waals surface area (Å²) in [7, 11) is 2.55. The van der Waals surface area contributed by atoms with E-state index in [1.54, 1.807) is 0 Å². The van der Waals surface area contributed by atoms with Gasteiger partial charge in [0.2, 0.25) is 0 Å². The Morgan fingerprint density at radius 2 is 1.76 bits per heavy atom. The molecule has 0 radical (unpaired) electrons. The van der Waals surface area contributed by atoms with E-state index in [4.69, 9.17) is 0 Å². The van der Waals surface area contributed by atoms with E-state index in [2.05, 4.69) is 9.73 Å². The molecule has 21 heavy (non-hydrogen) atoms. The Bertz CT molecular complexity index is 586. The molecule has 0 atom stereocenters. The van der Waals surface area contributed by atoms with E-state index < -0.39 is 23.5 Å². The molecule has 0 aliphatic rings. The molecular formula is C14H14F3NO3. The zero-order chi connectivity index (χ0) is 16.2. The second-order valence-electron chi connectivity index (χ2n) is 4.10. The lowest BCUT2D eigenvalue weighted by atomic mass is 10.0. The number of hydrogen-bond donors (Lipinski definition) is 1. The van der Waals surface area contributed by atoms with E-state index in [1.165, 1.54) is 14.0 Å². The third kappa shape index (κ3) is 3.84. The molecule has 1 aromatic carbocycles. The highest BCUT2D eigenvalue weighted by molar-refractivity contribution is 6.23. The molecule has 0 unspecified atom stereocenters. The largest absolute Gasteiger partial charge is 0.506 e. The van der Waals surface area contributed by atoms with Gasteiger partial charge in [0.15, 0.2) is 0 Å². The Hall–Kier alpha value is -2.31. The molecule has 4 nitrogen and oxygen atoms in total. The Labute approximate surface area is 119 Å². The zero-order valence-electron chi connectivity index (χ0n) is 11.7. The molecule has 1 rings (SSSR count). The van der Waals surface area contributed by atoms with Crippen molar-refractivity contribution in [2.75, 3.05) is 14.2 Å². The summed E-state index contributed by atoms with van der Waals surface area (Å²) in [4.78, 5) is 15.4. The van der Waals surface area contributed by atoms with Crippen LogP contribution in [0.1, 0.15) is 18.1 Å². The van der Waals surface area contributed by atoms with Crippen molar-refractivity contribution in [1.29, 1.82) is 0 Å². The summed E-state index contributed by atoms with van der Waals surface area (Å²) in [5.74, 6) is -1.31. The van der Waals surface area contributed by atoms with Gasteiger partial charge in [-0.25, -0.2) is 4.79 Å². The highest BCUT2D eigenvalue weighted by Gasteiger charge is 2.30. The van der Waals surface area contributed by atoms with Crippen LogP contribution in [0, 0.1) is 0 Å². The SMILES string of the molecule is CN=C(C)/C(C(=O)OC)=C(\O)c1ccc(C(F)(F)F)cc1. The molecule has 0 fully saturated rings. The molecule has 0 aromatic heterocycles. The lowest BCUT2D eigenvalue weighted by Gasteiger charge is -2.10. The van der Waals surface area contributed by atoms with Gasteiger partial charge in [-0.05, 0) is 19.1 Å². The number of nitrogens with zero attached hydrogens (tertiary/aromatic N) is 1. The molecule has 0 bridgehead atoms.